The Hall–Kier alpha value is -3.95. The Morgan fingerprint density at radius 2 is 1.78 bits per heavy atom. The summed E-state index contributed by atoms with van der Waals surface area (Å²) in [6, 6.07) is 10.3. The number of ketones is 1. The number of benzene rings is 2. The van der Waals surface area contributed by atoms with E-state index in [0.29, 0.717) is 17.9 Å². The summed E-state index contributed by atoms with van der Waals surface area (Å²) in [6.45, 7) is 2.01. The fourth-order valence-corrected chi connectivity index (χ4v) is 2.62. The molecule has 0 heterocycles. The summed E-state index contributed by atoms with van der Waals surface area (Å²) in [5, 5.41) is 13.3. The first-order valence-corrected chi connectivity index (χ1v) is 9.88. The molecule has 1 N–H and O–H groups in total. The number of nitrogens with zero attached hydrogens (tertiary/aromatic N) is 1. The van der Waals surface area contributed by atoms with Crippen molar-refractivity contribution in [3.8, 4) is 11.5 Å². The fourth-order valence-electron chi connectivity index (χ4n) is 2.62. The highest BCUT2D eigenvalue weighted by molar-refractivity contribution is 5.98. The van der Waals surface area contributed by atoms with E-state index in [9.17, 15) is 24.5 Å². The largest absolute Gasteiger partial charge is 0.494 e. The second-order valence-corrected chi connectivity index (χ2v) is 6.65. The number of methoxy groups -OCH3 is 1. The normalized spacial score (nSPS) is 10.2. The quantitative estimate of drug-likeness (QED) is 0.227. The van der Waals surface area contributed by atoms with Crippen molar-refractivity contribution >= 4 is 29.0 Å². The molecule has 0 atom stereocenters. The number of esters is 1. The first kappa shape index (κ1) is 24.3. The molecule has 0 saturated carbocycles. The number of ether oxygens (including phenoxy) is 3. The standard InChI is InChI=1S/C22H24N2O8/c1-3-12-31-17-7-4-15(5-8-17)19(25)10-11-22(27)32-14-21(26)23-18-9-6-16(24(28)29)13-20(18)30-2/h4-9,13H,3,10-12,14H2,1-2H3,(H,23,26). The number of non-ortho nitro benzene ring substituents is 1. The van der Waals surface area contributed by atoms with Crippen LogP contribution in [-0.2, 0) is 14.3 Å². The van der Waals surface area contributed by atoms with Crippen LogP contribution in [0, 0.1) is 10.1 Å². The van der Waals surface area contributed by atoms with Crippen LogP contribution >= 0.6 is 0 Å². The fraction of sp³-hybridized carbons (Fsp3) is 0.318. The molecule has 2 rings (SSSR count). The van der Waals surface area contributed by atoms with Crippen LogP contribution < -0.4 is 14.8 Å². The molecule has 0 radical (unpaired) electrons. The minimum Gasteiger partial charge on any atom is -0.494 e. The summed E-state index contributed by atoms with van der Waals surface area (Å²) in [7, 11) is 1.30. The maximum absolute atomic E-state index is 12.2. The molecule has 0 aliphatic heterocycles. The first-order valence-electron chi connectivity index (χ1n) is 9.88. The topological polar surface area (TPSA) is 134 Å². The van der Waals surface area contributed by atoms with E-state index >= 15 is 0 Å². The van der Waals surface area contributed by atoms with Crippen LogP contribution in [0.25, 0.3) is 0 Å². The van der Waals surface area contributed by atoms with Crippen molar-refractivity contribution in [1.82, 2.24) is 0 Å². The first-order chi connectivity index (χ1) is 15.3. The number of carbonyl (C=O) groups excluding carboxylic acids is 3. The number of hydrogen-bond acceptors (Lipinski definition) is 8. The van der Waals surface area contributed by atoms with Gasteiger partial charge in [0.05, 0.1) is 36.8 Å². The van der Waals surface area contributed by atoms with Crippen LogP contribution in [0.15, 0.2) is 42.5 Å². The molecule has 10 nitrogen and oxygen atoms in total. The number of anilines is 1. The lowest BCUT2D eigenvalue weighted by atomic mass is 10.1. The van der Waals surface area contributed by atoms with E-state index in [1.807, 2.05) is 6.92 Å². The van der Waals surface area contributed by atoms with Crippen molar-refractivity contribution in [3.05, 3.63) is 58.1 Å². The zero-order valence-corrected chi connectivity index (χ0v) is 17.8. The van der Waals surface area contributed by atoms with Gasteiger partial charge in [-0.15, -0.1) is 0 Å². The summed E-state index contributed by atoms with van der Waals surface area (Å²) in [5.41, 5.74) is 0.449. The van der Waals surface area contributed by atoms with Gasteiger partial charge in [-0.2, -0.15) is 0 Å². The lowest BCUT2D eigenvalue weighted by Gasteiger charge is -2.10. The van der Waals surface area contributed by atoms with Crippen LogP contribution in [0.4, 0.5) is 11.4 Å². The molecule has 10 heteroatoms. The van der Waals surface area contributed by atoms with Crippen LogP contribution in [0.1, 0.15) is 36.5 Å². The van der Waals surface area contributed by atoms with E-state index in [0.717, 1.165) is 12.5 Å². The van der Waals surface area contributed by atoms with Crippen molar-refractivity contribution in [3.63, 3.8) is 0 Å². The highest BCUT2D eigenvalue weighted by atomic mass is 16.6. The lowest BCUT2D eigenvalue weighted by Crippen LogP contribution is -2.21. The van der Waals surface area contributed by atoms with Crippen LogP contribution in [0.2, 0.25) is 0 Å². The number of Topliss-reactive ketones (excluding diaryl/α,β-unsaturated/α-hetero) is 1. The Kier molecular flexibility index (Phi) is 9.15. The number of rotatable bonds is 12. The molecule has 0 saturated heterocycles. The molecule has 0 bridgehead atoms. The molecule has 0 fully saturated rings. The zero-order chi connectivity index (χ0) is 23.5. The summed E-state index contributed by atoms with van der Waals surface area (Å²) in [6.07, 6.45) is 0.634. The van der Waals surface area contributed by atoms with Crippen molar-refractivity contribution < 1.29 is 33.5 Å². The van der Waals surface area contributed by atoms with Crippen molar-refractivity contribution in [2.45, 2.75) is 26.2 Å². The predicted molar refractivity (Wildman–Crippen MR) is 115 cm³/mol. The molecule has 0 aliphatic rings. The van der Waals surface area contributed by atoms with Gasteiger partial charge in [-0.3, -0.25) is 24.5 Å². The minimum absolute atomic E-state index is 0.0637. The van der Waals surface area contributed by atoms with Crippen LogP contribution in [0.3, 0.4) is 0 Å². The average molecular weight is 444 g/mol. The molecule has 2 aromatic carbocycles. The molecule has 170 valence electrons. The Morgan fingerprint density at radius 3 is 2.41 bits per heavy atom. The van der Waals surface area contributed by atoms with Gasteiger partial charge in [-0.1, -0.05) is 6.92 Å². The Morgan fingerprint density at radius 1 is 1.06 bits per heavy atom. The highest BCUT2D eigenvalue weighted by Crippen LogP contribution is 2.28. The monoisotopic (exact) mass is 444 g/mol. The van der Waals surface area contributed by atoms with E-state index in [2.05, 4.69) is 5.32 Å². The maximum atomic E-state index is 12.2. The summed E-state index contributed by atoms with van der Waals surface area (Å²) in [5.74, 6) is -0.829. The van der Waals surface area contributed by atoms with Gasteiger partial charge in [0.1, 0.15) is 11.5 Å². The minimum atomic E-state index is -0.702. The second-order valence-electron chi connectivity index (χ2n) is 6.65. The van der Waals surface area contributed by atoms with Crippen molar-refractivity contribution in [2.24, 2.45) is 0 Å². The molecule has 0 aliphatic carbocycles. The van der Waals surface area contributed by atoms with Gasteiger partial charge in [-0.05, 0) is 36.8 Å². The van der Waals surface area contributed by atoms with E-state index in [-0.39, 0.29) is 35.7 Å². The van der Waals surface area contributed by atoms with Crippen molar-refractivity contribution in [1.29, 1.82) is 0 Å². The molecular weight excluding hydrogens is 420 g/mol. The van der Waals surface area contributed by atoms with Gasteiger partial charge in [0.15, 0.2) is 12.4 Å². The third-order valence-corrected chi connectivity index (χ3v) is 4.24. The average Bonchev–Trinajstić information content (AvgIpc) is 2.80. The van der Waals surface area contributed by atoms with E-state index in [1.165, 1.54) is 19.2 Å². The van der Waals surface area contributed by atoms with Crippen molar-refractivity contribution in [2.75, 3.05) is 25.6 Å². The number of nitrogens with one attached hydrogen (secondary N) is 1. The summed E-state index contributed by atoms with van der Waals surface area (Å²) in [4.78, 5) is 46.3. The van der Waals surface area contributed by atoms with Gasteiger partial charge in [-0.25, -0.2) is 0 Å². The van der Waals surface area contributed by atoms with Gasteiger partial charge in [0, 0.05) is 18.1 Å². The number of nitro benzene ring substituents is 1. The van der Waals surface area contributed by atoms with Crippen LogP contribution in [-0.4, -0.2) is 42.9 Å². The predicted octanol–water partition coefficient (Wildman–Crippen LogP) is 3.54. The van der Waals surface area contributed by atoms with Gasteiger partial charge in [0.2, 0.25) is 0 Å². The maximum Gasteiger partial charge on any atom is 0.306 e. The molecule has 32 heavy (non-hydrogen) atoms. The molecular formula is C22H24N2O8. The smallest absolute Gasteiger partial charge is 0.306 e. The molecule has 1 amide bonds. The summed E-state index contributed by atoms with van der Waals surface area (Å²) < 4.78 is 15.4. The van der Waals surface area contributed by atoms with Crippen LogP contribution in [0.5, 0.6) is 11.5 Å². The molecule has 0 spiro atoms. The summed E-state index contributed by atoms with van der Waals surface area (Å²) >= 11 is 0. The number of hydrogen-bond donors (Lipinski definition) is 1. The Bertz CT molecular complexity index is 972. The van der Waals surface area contributed by atoms with Gasteiger partial charge < -0.3 is 19.5 Å². The Balaban J connectivity index is 1.78. The number of carbonyl (C=O) groups is 3. The number of amides is 1. The highest BCUT2D eigenvalue weighted by Gasteiger charge is 2.15. The van der Waals surface area contributed by atoms with E-state index < -0.39 is 23.4 Å². The third-order valence-electron chi connectivity index (χ3n) is 4.24. The van der Waals surface area contributed by atoms with E-state index in [1.54, 1.807) is 24.3 Å². The van der Waals surface area contributed by atoms with E-state index in [4.69, 9.17) is 14.2 Å². The lowest BCUT2D eigenvalue weighted by molar-refractivity contribution is -0.384. The van der Waals surface area contributed by atoms with Gasteiger partial charge in [0.25, 0.3) is 11.6 Å². The molecule has 0 unspecified atom stereocenters. The molecule has 2 aromatic rings. The molecule has 0 aromatic heterocycles. The number of nitro groups is 1. The second kappa shape index (κ2) is 12.0. The third kappa shape index (κ3) is 7.38. The van der Waals surface area contributed by atoms with Gasteiger partial charge >= 0.3 is 5.97 Å². The Labute approximate surface area is 184 Å². The SMILES string of the molecule is CCCOc1ccc(C(=O)CCC(=O)OCC(=O)Nc2ccc([N+](=O)[O-])cc2OC)cc1. The zero-order valence-electron chi connectivity index (χ0n) is 17.8.